The van der Waals surface area contributed by atoms with Gasteiger partial charge in [0.25, 0.3) is 0 Å². The van der Waals surface area contributed by atoms with Crippen molar-refractivity contribution in [2.24, 2.45) is 0 Å². The Morgan fingerprint density at radius 2 is 1.84 bits per heavy atom. The van der Waals surface area contributed by atoms with Gasteiger partial charge in [-0.1, -0.05) is 12.1 Å². The number of rotatable bonds is 3. The van der Waals surface area contributed by atoms with E-state index >= 15 is 0 Å². The maximum Gasteiger partial charge on any atom is 0.327 e. The van der Waals surface area contributed by atoms with Gasteiger partial charge in [-0.3, -0.25) is 10.1 Å². The standard InChI is InChI=1S/C13H10F2N2O2/c1-8-5-6-11(10(15)7-8)16-12-4-2-3-9(14)13(12)17(18)19/h2-7,16H,1H3. The van der Waals surface area contributed by atoms with E-state index in [1.54, 1.807) is 13.0 Å². The largest absolute Gasteiger partial charge is 0.347 e. The van der Waals surface area contributed by atoms with Crippen molar-refractivity contribution in [3.8, 4) is 0 Å². The van der Waals surface area contributed by atoms with Crippen molar-refractivity contribution in [2.45, 2.75) is 6.92 Å². The van der Waals surface area contributed by atoms with Crippen molar-refractivity contribution < 1.29 is 13.7 Å². The number of anilines is 2. The molecule has 0 bridgehead atoms. The number of nitrogens with one attached hydrogen (secondary N) is 1. The van der Waals surface area contributed by atoms with E-state index in [4.69, 9.17) is 0 Å². The number of nitro benzene ring substituents is 1. The van der Waals surface area contributed by atoms with Crippen LogP contribution >= 0.6 is 0 Å². The van der Waals surface area contributed by atoms with Crippen LogP contribution in [0.15, 0.2) is 36.4 Å². The summed E-state index contributed by atoms with van der Waals surface area (Å²) >= 11 is 0. The second kappa shape index (κ2) is 5.01. The summed E-state index contributed by atoms with van der Waals surface area (Å²) in [5.41, 5.74) is -0.0219. The van der Waals surface area contributed by atoms with Gasteiger partial charge < -0.3 is 5.32 Å². The van der Waals surface area contributed by atoms with Crippen LogP contribution in [0.4, 0.5) is 25.8 Å². The highest BCUT2D eigenvalue weighted by molar-refractivity contribution is 5.70. The fourth-order valence-electron chi connectivity index (χ4n) is 1.67. The minimum absolute atomic E-state index is 0.0549. The second-order valence-corrected chi connectivity index (χ2v) is 4.00. The highest BCUT2D eigenvalue weighted by Gasteiger charge is 2.20. The van der Waals surface area contributed by atoms with Crippen LogP contribution in [0.5, 0.6) is 0 Å². The molecular weight excluding hydrogens is 254 g/mol. The van der Waals surface area contributed by atoms with E-state index in [1.165, 1.54) is 24.3 Å². The Labute approximate surface area is 107 Å². The lowest BCUT2D eigenvalue weighted by molar-refractivity contribution is -0.386. The van der Waals surface area contributed by atoms with Crippen LogP contribution in [0.3, 0.4) is 0 Å². The smallest absolute Gasteiger partial charge is 0.327 e. The van der Waals surface area contributed by atoms with E-state index in [1.807, 2.05) is 0 Å². The molecule has 0 aliphatic heterocycles. The molecule has 0 aromatic heterocycles. The molecule has 6 heteroatoms. The van der Waals surface area contributed by atoms with E-state index < -0.39 is 22.2 Å². The predicted octanol–water partition coefficient (Wildman–Crippen LogP) is 3.93. The van der Waals surface area contributed by atoms with E-state index in [0.29, 0.717) is 0 Å². The summed E-state index contributed by atoms with van der Waals surface area (Å²) < 4.78 is 27.0. The molecule has 0 unspecified atom stereocenters. The van der Waals surface area contributed by atoms with Crippen LogP contribution in [0.1, 0.15) is 5.56 Å². The summed E-state index contributed by atoms with van der Waals surface area (Å²) in [7, 11) is 0. The van der Waals surface area contributed by atoms with Crippen LogP contribution in [-0.4, -0.2) is 4.92 Å². The Balaban J connectivity index is 2.44. The number of aryl methyl sites for hydroxylation is 1. The zero-order chi connectivity index (χ0) is 14.0. The van der Waals surface area contributed by atoms with Crippen LogP contribution in [0.25, 0.3) is 0 Å². The van der Waals surface area contributed by atoms with Gasteiger partial charge in [0, 0.05) is 0 Å². The number of hydrogen-bond acceptors (Lipinski definition) is 3. The molecule has 98 valence electrons. The molecule has 4 nitrogen and oxygen atoms in total. The first-order valence-electron chi connectivity index (χ1n) is 5.45. The summed E-state index contributed by atoms with van der Waals surface area (Å²) in [4.78, 5) is 9.96. The third-order valence-electron chi connectivity index (χ3n) is 2.56. The number of hydrogen-bond donors (Lipinski definition) is 1. The molecule has 2 rings (SSSR count). The van der Waals surface area contributed by atoms with Gasteiger partial charge in [0.2, 0.25) is 5.82 Å². The average Bonchev–Trinajstić information content (AvgIpc) is 2.32. The van der Waals surface area contributed by atoms with Crippen molar-refractivity contribution in [1.29, 1.82) is 0 Å². The number of nitro groups is 1. The fraction of sp³-hybridized carbons (Fsp3) is 0.0769. The fourth-order valence-corrected chi connectivity index (χ4v) is 1.67. The molecular formula is C13H10F2N2O2. The van der Waals surface area contributed by atoms with E-state index in [0.717, 1.165) is 11.6 Å². The average molecular weight is 264 g/mol. The quantitative estimate of drug-likeness (QED) is 0.675. The molecule has 0 atom stereocenters. The van der Waals surface area contributed by atoms with Gasteiger partial charge in [0.1, 0.15) is 11.5 Å². The Morgan fingerprint density at radius 3 is 2.47 bits per heavy atom. The van der Waals surface area contributed by atoms with Gasteiger partial charge in [-0.2, -0.15) is 4.39 Å². The first kappa shape index (κ1) is 12.9. The number of halogens is 2. The molecule has 0 aliphatic rings. The maximum atomic E-state index is 13.6. The van der Waals surface area contributed by atoms with E-state index in [9.17, 15) is 18.9 Å². The maximum absolute atomic E-state index is 13.6. The van der Waals surface area contributed by atoms with E-state index in [-0.39, 0.29) is 11.4 Å². The van der Waals surface area contributed by atoms with Crippen molar-refractivity contribution in [2.75, 3.05) is 5.32 Å². The lowest BCUT2D eigenvalue weighted by atomic mass is 10.2. The van der Waals surface area contributed by atoms with Crippen molar-refractivity contribution in [3.05, 3.63) is 63.7 Å². The summed E-state index contributed by atoms with van der Waals surface area (Å²) in [6.07, 6.45) is 0. The predicted molar refractivity (Wildman–Crippen MR) is 67.5 cm³/mol. The first-order chi connectivity index (χ1) is 8.99. The Morgan fingerprint density at radius 1 is 1.11 bits per heavy atom. The molecule has 0 heterocycles. The third-order valence-corrected chi connectivity index (χ3v) is 2.56. The van der Waals surface area contributed by atoms with Crippen LogP contribution in [-0.2, 0) is 0 Å². The molecule has 0 spiro atoms. The second-order valence-electron chi connectivity index (χ2n) is 4.00. The molecule has 2 aromatic carbocycles. The lowest BCUT2D eigenvalue weighted by Gasteiger charge is -2.08. The molecule has 0 saturated heterocycles. The van der Waals surface area contributed by atoms with Crippen LogP contribution in [0.2, 0.25) is 0 Å². The molecule has 0 saturated carbocycles. The van der Waals surface area contributed by atoms with Crippen LogP contribution < -0.4 is 5.32 Å². The Hall–Kier alpha value is -2.50. The molecule has 0 fully saturated rings. The first-order valence-corrected chi connectivity index (χ1v) is 5.45. The van der Waals surface area contributed by atoms with Crippen molar-refractivity contribution >= 4 is 17.1 Å². The normalized spacial score (nSPS) is 10.3. The topological polar surface area (TPSA) is 55.2 Å². The molecule has 1 N–H and O–H groups in total. The molecule has 0 amide bonds. The number of nitrogens with zero attached hydrogens (tertiary/aromatic N) is 1. The lowest BCUT2D eigenvalue weighted by Crippen LogP contribution is -2.01. The monoisotopic (exact) mass is 264 g/mol. The van der Waals surface area contributed by atoms with E-state index in [2.05, 4.69) is 5.32 Å². The van der Waals surface area contributed by atoms with Gasteiger partial charge in [0.15, 0.2) is 0 Å². The molecule has 0 radical (unpaired) electrons. The van der Waals surface area contributed by atoms with Gasteiger partial charge >= 0.3 is 5.69 Å². The van der Waals surface area contributed by atoms with Gasteiger partial charge in [0.05, 0.1) is 10.6 Å². The third kappa shape index (κ3) is 2.67. The zero-order valence-corrected chi connectivity index (χ0v) is 9.98. The summed E-state index contributed by atoms with van der Waals surface area (Å²) in [5.74, 6) is -1.53. The number of para-hydroxylation sites is 1. The minimum Gasteiger partial charge on any atom is -0.347 e. The summed E-state index contributed by atoms with van der Waals surface area (Å²) in [6.45, 7) is 1.72. The molecule has 2 aromatic rings. The summed E-state index contributed by atoms with van der Waals surface area (Å²) in [5, 5.41) is 13.3. The zero-order valence-electron chi connectivity index (χ0n) is 9.98. The van der Waals surface area contributed by atoms with Crippen LogP contribution in [0, 0.1) is 28.7 Å². The SMILES string of the molecule is Cc1ccc(Nc2cccc(F)c2[N+](=O)[O-])c(F)c1. The van der Waals surface area contributed by atoms with Crippen molar-refractivity contribution in [3.63, 3.8) is 0 Å². The van der Waals surface area contributed by atoms with Gasteiger partial charge in [-0.15, -0.1) is 0 Å². The molecule has 0 aliphatic carbocycles. The molecule has 19 heavy (non-hydrogen) atoms. The Bertz CT molecular complexity index is 645. The van der Waals surface area contributed by atoms with Gasteiger partial charge in [-0.05, 0) is 36.8 Å². The number of benzene rings is 2. The highest BCUT2D eigenvalue weighted by atomic mass is 19.1. The van der Waals surface area contributed by atoms with Gasteiger partial charge in [-0.25, -0.2) is 4.39 Å². The Kier molecular flexibility index (Phi) is 3.41. The van der Waals surface area contributed by atoms with Crippen molar-refractivity contribution in [1.82, 2.24) is 0 Å². The minimum atomic E-state index is -0.970. The highest BCUT2D eigenvalue weighted by Crippen LogP contribution is 2.30. The summed E-state index contributed by atoms with van der Waals surface area (Å²) in [6, 6.07) is 8.00.